The van der Waals surface area contributed by atoms with Gasteiger partial charge < -0.3 is 10.4 Å². The van der Waals surface area contributed by atoms with Crippen molar-refractivity contribution in [3.05, 3.63) is 0 Å². The number of imide groups is 1. The molecule has 7 heteroatoms. The minimum absolute atomic E-state index is 0.147. The van der Waals surface area contributed by atoms with Gasteiger partial charge in [0.25, 0.3) is 5.91 Å². The summed E-state index contributed by atoms with van der Waals surface area (Å²) in [6.45, 7) is 6.98. The van der Waals surface area contributed by atoms with Crippen molar-refractivity contribution < 1.29 is 19.5 Å². The van der Waals surface area contributed by atoms with E-state index in [1.165, 1.54) is 4.90 Å². The number of carbonyl (C=O) groups excluding carboxylic acids is 2. The summed E-state index contributed by atoms with van der Waals surface area (Å²) in [6, 6.07) is -0.202. The molecule has 0 radical (unpaired) electrons. The van der Waals surface area contributed by atoms with Gasteiger partial charge >= 0.3 is 12.0 Å². The molecule has 2 atom stereocenters. The standard InChI is InChI=1S/C14H23N3O4/c1-9-8-10(11(18)19)4-5-16(9)6-7-17-12(20)14(2,3)15-13(17)21/h9-10H,4-8H2,1-3H3,(H,15,21)(H,18,19). The summed E-state index contributed by atoms with van der Waals surface area (Å²) in [5, 5.41) is 11.7. The molecule has 2 aliphatic rings. The number of amides is 3. The summed E-state index contributed by atoms with van der Waals surface area (Å²) in [6.07, 6.45) is 1.23. The second-order valence-electron chi connectivity index (χ2n) is 6.46. The molecule has 2 unspecified atom stereocenters. The molecule has 0 aliphatic carbocycles. The molecule has 0 spiro atoms. The number of likely N-dealkylation sites (tertiary alicyclic amines) is 1. The van der Waals surface area contributed by atoms with E-state index in [4.69, 9.17) is 5.11 Å². The number of nitrogens with one attached hydrogen (secondary N) is 1. The van der Waals surface area contributed by atoms with Crippen molar-refractivity contribution in [1.82, 2.24) is 15.1 Å². The number of carboxylic acid groups (broad SMARTS) is 1. The normalized spacial score (nSPS) is 29.6. The second kappa shape index (κ2) is 5.63. The first-order chi connectivity index (χ1) is 9.72. The van der Waals surface area contributed by atoms with E-state index >= 15 is 0 Å². The lowest BCUT2D eigenvalue weighted by Crippen LogP contribution is -2.47. The Labute approximate surface area is 124 Å². The molecular formula is C14H23N3O4. The molecule has 0 aromatic rings. The van der Waals surface area contributed by atoms with Crippen molar-refractivity contribution in [3.63, 3.8) is 0 Å². The van der Waals surface area contributed by atoms with Crippen LogP contribution in [0.2, 0.25) is 0 Å². The lowest BCUT2D eigenvalue weighted by atomic mass is 9.92. The van der Waals surface area contributed by atoms with Gasteiger partial charge in [-0.25, -0.2) is 4.79 Å². The van der Waals surface area contributed by atoms with Crippen LogP contribution in [-0.4, -0.2) is 64.0 Å². The molecule has 2 rings (SSSR count). The van der Waals surface area contributed by atoms with Crippen LogP contribution in [0.1, 0.15) is 33.6 Å². The van der Waals surface area contributed by atoms with E-state index in [1.54, 1.807) is 13.8 Å². The Morgan fingerprint density at radius 3 is 2.52 bits per heavy atom. The fraction of sp³-hybridized carbons (Fsp3) is 0.786. The Kier molecular flexibility index (Phi) is 4.22. The number of aliphatic carboxylic acids is 1. The minimum atomic E-state index is -0.834. The van der Waals surface area contributed by atoms with Crippen LogP contribution in [0.5, 0.6) is 0 Å². The molecule has 2 aliphatic heterocycles. The van der Waals surface area contributed by atoms with Gasteiger partial charge in [-0.3, -0.25) is 19.4 Å². The van der Waals surface area contributed by atoms with Crippen molar-refractivity contribution in [1.29, 1.82) is 0 Å². The molecule has 3 amide bonds. The quantitative estimate of drug-likeness (QED) is 0.738. The first-order valence-corrected chi connectivity index (χ1v) is 7.33. The van der Waals surface area contributed by atoms with E-state index in [-0.39, 0.29) is 23.9 Å². The van der Waals surface area contributed by atoms with E-state index in [0.29, 0.717) is 32.5 Å². The first kappa shape index (κ1) is 15.8. The first-order valence-electron chi connectivity index (χ1n) is 7.33. The molecule has 0 bridgehead atoms. The fourth-order valence-electron chi connectivity index (χ4n) is 3.03. The molecule has 0 aromatic carbocycles. The summed E-state index contributed by atoms with van der Waals surface area (Å²) in [7, 11) is 0. The third kappa shape index (κ3) is 3.18. The average Bonchev–Trinajstić information content (AvgIpc) is 2.58. The Hall–Kier alpha value is -1.63. The third-order valence-electron chi connectivity index (χ3n) is 4.42. The number of nitrogens with zero attached hydrogens (tertiary/aromatic N) is 2. The maximum absolute atomic E-state index is 12.1. The van der Waals surface area contributed by atoms with Gasteiger partial charge in [-0.1, -0.05) is 0 Å². The van der Waals surface area contributed by atoms with Gasteiger partial charge in [-0.15, -0.1) is 0 Å². The maximum atomic E-state index is 12.1. The zero-order chi connectivity index (χ0) is 15.8. The van der Waals surface area contributed by atoms with Crippen molar-refractivity contribution >= 4 is 17.9 Å². The van der Waals surface area contributed by atoms with Crippen LogP contribution in [0, 0.1) is 5.92 Å². The molecule has 118 valence electrons. The molecular weight excluding hydrogens is 274 g/mol. The number of rotatable bonds is 4. The monoisotopic (exact) mass is 297 g/mol. The maximum Gasteiger partial charge on any atom is 0.325 e. The summed E-state index contributed by atoms with van der Waals surface area (Å²) in [5.41, 5.74) is -0.834. The summed E-state index contributed by atoms with van der Waals surface area (Å²) >= 11 is 0. The Morgan fingerprint density at radius 2 is 2.05 bits per heavy atom. The molecule has 2 heterocycles. The van der Waals surface area contributed by atoms with Crippen LogP contribution in [0.4, 0.5) is 4.79 Å². The van der Waals surface area contributed by atoms with Crippen LogP contribution >= 0.6 is 0 Å². The lowest BCUT2D eigenvalue weighted by Gasteiger charge is -2.36. The van der Waals surface area contributed by atoms with E-state index < -0.39 is 11.5 Å². The average molecular weight is 297 g/mol. The van der Waals surface area contributed by atoms with Crippen LogP contribution in [0.3, 0.4) is 0 Å². The van der Waals surface area contributed by atoms with Crippen molar-refractivity contribution in [2.75, 3.05) is 19.6 Å². The van der Waals surface area contributed by atoms with Crippen LogP contribution in [0.25, 0.3) is 0 Å². The van der Waals surface area contributed by atoms with Gasteiger partial charge in [0.1, 0.15) is 5.54 Å². The number of hydrogen-bond donors (Lipinski definition) is 2. The fourth-order valence-corrected chi connectivity index (χ4v) is 3.03. The third-order valence-corrected chi connectivity index (χ3v) is 4.42. The van der Waals surface area contributed by atoms with Crippen molar-refractivity contribution in [2.45, 2.75) is 45.2 Å². The smallest absolute Gasteiger partial charge is 0.325 e. The summed E-state index contributed by atoms with van der Waals surface area (Å²) in [5.74, 6) is -1.23. The minimum Gasteiger partial charge on any atom is -0.481 e. The van der Waals surface area contributed by atoms with Gasteiger partial charge in [0.05, 0.1) is 5.92 Å². The van der Waals surface area contributed by atoms with Gasteiger partial charge in [-0.05, 0) is 40.2 Å². The molecule has 2 N–H and O–H groups in total. The highest BCUT2D eigenvalue weighted by molar-refractivity contribution is 6.06. The lowest BCUT2D eigenvalue weighted by molar-refractivity contribution is -0.144. The Bertz CT molecular complexity index is 463. The predicted octanol–water partition coefficient (Wildman–Crippen LogP) is 0.502. The number of carboxylic acids is 1. The molecule has 0 saturated carbocycles. The number of piperidine rings is 1. The van der Waals surface area contributed by atoms with Crippen molar-refractivity contribution in [3.8, 4) is 0 Å². The Morgan fingerprint density at radius 1 is 1.38 bits per heavy atom. The Balaban J connectivity index is 1.88. The van der Waals surface area contributed by atoms with Gasteiger partial charge in [0, 0.05) is 19.1 Å². The second-order valence-corrected chi connectivity index (χ2v) is 6.46. The summed E-state index contributed by atoms with van der Waals surface area (Å²) < 4.78 is 0. The van der Waals surface area contributed by atoms with Crippen LogP contribution in [-0.2, 0) is 9.59 Å². The SMILES string of the molecule is CC1CC(C(=O)O)CCN1CCN1C(=O)NC(C)(C)C1=O. The molecule has 0 aromatic heterocycles. The predicted molar refractivity (Wildman–Crippen MR) is 75.7 cm³/mol. The van der Waals surface area contributed by atoms with Crippen LogP contribution in [0.15, 0.2) is 0 Å². The zero-order valence-electron chi connectivity index (χ0n) is 12.8. The molecule has 7 nitrogen and oxygen atoms in total. The van der Waals surface area contributed by atoms with E-state index in [1.807, 2.05) is 6.92 Å². The highest BCUT2D eigenvalue weighted by atomic mass is 16.4. The molecule has 2 saturated heterocycles. The number of urea groups is 1. The van der Waals surface area contributed by atoms with Crippen LogP contribution < -0.4 is 5.32 Å². The van der Waals surface area contributed by atoms with E-state index in [9.17, 15) is 14.4 Å². The topological polar surface area (TPSA) is 89.9 Å². The van der Waals surface area contributed by atoms with Gasteiger partial charge in [0.15, 0.2) is 0 Å². The highest BCUT2D eigenvalue weighted by Crippen LogP contribution is 2.23. The zero-order valence-corrected chi connectivity index (χ0v) is 12.8. The van der Waals surface area contributed by atoms with E-state index in [0.717, 1.165) is 0 Å². The summed E-state index contributed by atoms with van der Waals surface area (Å²) in [4.78, 5) is 38.3. The number of carbonyl (C=O) groups is 3. The van der Waals surface area contributed by atoms with Gasteiger partial charge in [-0.2, -0.15) is 0 Å². The van der Waals surface area contributed by atoms with Crippen molar-refractivity contribution in [2.24, 2.45) is 5.92 Å². The largest absolute Gasteiger partial charge is 0.481 e. The highest BCUT2D eigenvalue weighted by Gasteiger charge is 2.44. The van der Waals surface area contributed by atoms with Gasteiger partial charge in [0.2, 0.25) is 0 Å². The van der Waals surface area contributed by atoms with E-state index in [2.05, 4.69) is 10.2 Å². The number of hydrogen-bond acceptors (Lipinski definition) is 4. The molecule has 2 fully saturated rings. The molecule has 21 heavy (non-hydrogen) atoms.